The molecule has 0 fully saturated rings. The lowest BCUT2D eigenvalue weighted by molar-refractivity contribution is 0.0500. The Balaban J connectivity index is 1.38. The highest BCUT2D eigenvalue weighted by atomic mass is 32.1. The van der Waals surface area contributed by atoms with Crippen LogP contribution in [0.4, 0.5) is 27.2 Å². The first kappa shape index (κ1) is 21.7. The van der Waals surface area contributed by atoms with Crippen LogP contribution in [0.2, 0.25) is 0 Å². The third-order valence-electron chi connectivity index (χ3n) is 4.31. The summed E-state index contributed by atoms with van der Waals surface area (Å²) in [5, 5.41) is 18.2. The van der Waals surface area contributed by atoms with Gasteiger partial charge in [0.2, 0.25) is 5.13 Å². The van der Waals surface area contributed by atoms with Crippen LogP contribution in [0.5, 0.6) is 0 Å². The number of carbonyl (C=O) groups excluding carboxylic acids is 1. The van der Waals surface area contributed by atoms with Crippen molar-refractivity contribution in [1.82, 2.24) is 4.98 Å². The topological polar surface area (TPSA) is 115 Å². The third kappa shape index (κ3) is 5.59. The lowest BCUT2D eigenvalue weighted by Gasteiger charge is -2.03. The second-order valence-corrected chi connectivity index (χ2v) is 8.80. The van der Waals surface area contributed by atoms with Crippen LogP contribution in [0.15, 0.2) is 75.1 Å². The van der Waals surface area contributed by atoms with Crippen LogP contribution in [0.25, 0.3) is 9.53 Å². The number of nitrogen functional groups attached to an aromatic ring is 1. The van der Waals surface area contributed by atoms with E-state index < -0.39 is 0 Å². The van der Waals surface area contributed by atoms with E-state index in [0.717, 1.165) is 27.4 Å². The van der Waals surface area contributed by atoms with Crippen molar-refractivity contribution in [2.45, 2.75) is 19.8 Å². The number of unbranched alkanes of at least 4 members (excludes halogenated alkanes) is 1. The first-order valence-corrected chi connectivity index (χ1v) is 11.6. The van der Waals surface area contributed by atoms with E-state index in [0.29, 0.717) is 34.4 Å². The largest absolute Gasteiger partial charge is 0.462 e. The Labute approximate surface area is 192 Å². The molecule has 0 saturated carbocycles. The monoisotopic (exact) mass is 464 g/mol. The van der Waals surface area contributed by atoms with E-state index in [2.05, 4.69) is 25.4 Å². The van der Waals surface area contributed by atoms with Gasteiger partial charge in [0.05, 0.1) is 28.2 Å². The first-order valence-electron chi connectivity index (χ1n) is 9.97. The Hall–Kier alpha value is -3.50. The van der Waals surface area contributed by atoms with Crippen LogP contribution in [-0.2, 0) is 4.74 Å². The fourth-order valence-corrected chi connectivity index (χ4v) is 4.46. The molecule has 2 aromatic carbocycles. The number of ether oxygens (including phenoxy) is 1. The molecule has 2 aromatic heterocycles. The molecular formula is C22H20N6O2S2. The number of hydrogen-bond donors (Lipinski definition) is 1. The van der Waals surface area contributed by atoms with Crippen molar-refractivity contribution in [3.05, 3.63) is 60.2 Å². The van der Waals surface area contributed by atoms with Gasteiger partial charge >= 0.3 is 5.97 Å². The number of rotatable bonds is 8. The molecule has 0 aliphatic carbocycles. The molecule has 0 aliphatic rings. The van der Waals surface area contributed by atoms with Crippen molar-refractivity contribution >= 4 is 65.4 Å². The molecule has 0 spiro atoms. The van der Waals surface area contributed by atoms with Gasteiger partial charge in [-0.2, -0.15) is 0 Å². The summed E-state index contributed by atoms with van der Waals surface area (Å²) in [4.78, 5) is 17.3. The van der Waals surface area contributed by atoms with Crippen molar-refractivity contribution < 1.29 is 9.53 Å². The van der Waals surface area contributed by atoms with Gasteiger partial charge in [0.25, 0.3) is 0 Å². The van der Waals surface area contributed by atoms with Gasteiger partial charge in [0.1, 0.15) is 9.83 Å². The van der Waals surface area contributed by atoms with Gasteiger partial charge in [-0.3, -0.25) is 0 Å². The van der Waals surface area contributed by atoms with Crippen LogP contribution < -0.4 is 5.73 Å². The van der Waals surface area contributed by atoms with Crippen LogP contribution in [0, 0.1) is 0 Å². The van der Waals surface area contributed by atoms with Crippen LogP contribution in [0.1, 0.15) is 30.1 Å². The molecule has 0 radical (unpaired) electrons. The number of fused-ring (bicyclic) bond motifs is 1. The molecule has 32 heavy (non-hydrogen) atoms. The molecule has 0 saturated heterocycles. The molecule has 0 bridgehead atoms. The number of nitrogens with zero attached hydrogens (tertiary/aromatic N) is 5. The number of nitrogens with two attached hydrogens (primary N) is 1. The number of thiazole rings is 1. The zero-order valence-electron chi connectivity index (χ0n) is 17.3. The standard InChI is InChI=1S/C22H20N6O2S2/c1-2-3-12-30-21(29)14-4-8-16(9-5-14)25-27-19-13-18-20(32-19)24-22(31-18)28-26-17-10-6-15(23)7-11-17/h4-11,13H,2-3,12,23H2,1H3. The van der Waals surface area contributed by atoms with Gasteiger partial charge in [0, 0.05) is 5.69 Å². The molecule has 2 heterocycles. The zero-order valence-corrected chi connectivity index (χ0v) is 18.9. The van der Waals surface area contributed by atoms with Crippen molar-refractivity contribution in [1.29, 1.82) is 0 Å². The van der Waals surface area contributed by atoms with Gasteiger partial charge in [-0.25, -0.2) is 9.78 Å². The molecule has 4 aromatic rings. The molecule has 4 rings (SSSR count). The molecule has 0 amide bonds. The Bertz CT molecular complexity index is 1230. The number of esters is 1. The quantitative estimate of drug-likeness (QED) is 0.124. The lowest BCUT2D eigenvalue weighted by Crippen LogP contribution is -2.05. The smallest absolute Gasteiger partial charge is 0.338 e. The highest BCUT2D eigenvalue weighted by Gasteiger charge is 2.09. The minimum atomic E-state index is -0.323. The normalized spacial score (nSPS) is 11.7. The van der Waals surface area contributed by atoms with Crippen molar-refractivity contribution in [2.24, 2.45) is 20.5 Å². The number of thiophene rings is 1. The predicted octanol–water partition coefficient (Wildman–Crippen LogP) is 7.73. The molecule has 8 nitrogen and oxygen atoms in total. The van der Waals surface area contributed by atoms with E-state index in [1.54, 1.807) is 48.5 Å². The molecule has 0 unspecified atom stereocenters. The summed E-state index contributed by atoms with van der Waals surface area (Å²) in [6.45, 7) is 2.49. The Morgan fingerprint density at radius 2 is 1.66 bits per heavy atom. The lowest BCUT2D eigenvalue weighted by atomic mass is 10.2. The zero-order chi connectivity index (χ0) is 22.3. The van der Waals surface area contributed by atoms with Gasteiger partial charge in [0.15, 0.2) is 0 Å². The number of carbonyl (C=O) groups is 1. The number of azo groups is 2. The highest BCUT2D eigenvalue weighted by molar-refractivity contribution is 7.30. The van der Waals surface area contributed by atoms with Crippen molar-refractivity contribution in [3.8, 4) is 0 Å². The summed E-state index contributed by atoms with van der Waals surface area (Å²) < 4.78 is 6.18. The molecule has 0 aliphatic heterocycles. The van der Waals surface area contributed by atoms with Gasteiger partial charge < -0.3 is 10.5 Å². The minimum absolute atomic E-state index is 0.323. The first-order chi connectivity index (χ1) is 15.6. The number of anilines is 1. The van der Waals surface area contributed by atoms with E-state index in [1.807, 2.05) is 13.0 Å². The maximum absolute atomic E-state index is 11.9. The fraction of sp³-hybridized carbons (Fsp3) is 0.182. The number of aromatic nitrogens is 1. The van der Waals surface area contributed by atoms with Crippen LogP contribution in [-0.4, -0.2) is 17.6 Å². The van der Waals surface area contributed by atoms with Crippen molar-refractivity contribution in [2.75, 3.05) is 12.3 Å². The van der Waals surface area contributed by atoms with E-state index >= 15 is 0 Å². The summed E-state index contributed by atoms with van der Waals surface area (Å²) in [5.41, 5.74) is 8.22. The molecule has 0 atom stereocenters. The molecule has 10 heteroatoms. The summed E-state index contributed by atoms with van der Waals surface area (Å²) >= 11 is 2.86. The third-order valence-corrected chi connectivity index (χ3v) is 6.24. The van der Waals surface area contributed by atoms with Gasteiger partial charge in [-0.1, -0.05) is 36.0 Å². The second kappa shape index (κ2) is 10.2. The number of hydrogen-bond acceptors (Lipinski definition) is 10. The molecular weight excluding hydrogens is 444 g/mol. The minimum Gasteiger partial charge on any atom is -0.462 e. The molecule has 162 valence electrons. The van der Waals surface area contributed by atoms with Gasteiger partial charge in [-0.15, -0.1) is 20.5 Å². The summed E-state index contributed by atoms with van der Waals surface area (Å²) in [7, 11) is 0. The van der Waals surface area contributed by atoms with E-state index in [4.69, 9.17) is 10.5 Å². The maximum Gasteiger partial charge on any atom is 0.338 e. The predicted molar refractivity (Wildman–Crippen MR) is 128 cm³/mol. The van der Waals surface area contributed by atoms with Crippen molar-refractivity contribution in [3.63, 3.8) is 0 Å². The Morgan fingerprint density at radius 3 is 2.34 bits per heavy atom. The maximum atomic E-state index is 11.9. The van der Waals surface area contributed by atoms with Crippen LogP contribution >= 0.6 is 22.7 Å². The average molecular weight is 465 g/mol. The summed E-state index contributed by atoms with van der Waals surface area (Å²) in [5.74, 6) is -0.323. The van der Waals surface area contributed by atoms with E-state index in [9.17, 15) is 4.79 Å². The molecule has 2 N–H and O–H groups in total. The average Bonchev–Trinajstić information content (AvgIpc) is 3.36. The summed E-state index contributed by atoms with van der Waals surface area (Å²) in [6, 6.07) is 15.9. The van der Waals surface area contributed by atoms with Crippen LogP contribution in [0.3, 0.4) is 0 Å². The van der Waals surface area contributed by atoms with Gasteiger partial charge in [-0.05, 0) is 61.0 Å². The Kier molecular flexibility index (Phi) is 6.93. The SMILES string of the molecule is CCCCOC(=O)c1ccc(N=Nc2cc3sc(N=Nc4ccc(N)cc4)nc3s2)cc1. The second-order valence-electron chi connectivity index (χ2n) is 6.78. The fourth-order valence-electron chi connectivity index (χ4n) is 2.61. The Morgan fingerprint density at radius 1 is 0.969 bits per heavy atom. The van der Waals surface area contributed by atoms with E-state index in [1.165, 1.54) is 22.7 Å². The highest BCUT2D eigenvalue weighted by Crippen LogP contribution is 2.39. The van der Waals surface area contributed by atoms with E-state index in [-0.39, 0.29) is 5.97 Å². The number of benzene rings is 2. The summed E-state index contributed by atoms with van der Waals surface area (Å²) in [6.07, 6.45) is 1.84.